The van der Waals surface area contributed by atoms with Crippen LogP contribution in [0.15, 0.2) is 0 Å². The molecule has 0 aromatic heterocycles. The first kappa shape index (κ1) is 13.8. The minimum Gasteiger partial charge on any atom is -0.481 e. The van der Waals surface area contributed by atoms with E-state index in [-0.39, 0.29) is 18.4 Å². The fraction of sp³-hybridized carbons (Fsp3) is 0.833. The molecule has 0 bridgehead atoms. The topological polar surface area (TPSA) is 75.6 Å². The summed E-state index contributed by atoms with van der Waals surface area (Å²) in [6, 6.07) is 0.0502. The first-order valence-corrected chi connectivity index (χ1v) is 5.97. The Hall–Kier alpha value is -1.26. The van der Waals surface area contributed by atoms with Crippen molar-refractivity contribution in [3.63, 3.8) is 0 Å². The Kier molecular flexibility index (Phi) is 4.37. The molecule has 1 aliphatic carbocycles. The van der Waals surface area contributed by atoms with Crippen LogP contribution >= 0.6 is 0 Å². The summed E-state index contributed by atoms with van der Waals surface area (Å²) in [6.07, 6.45) is 2.18. The maximum atomic E-state index is 11.5. The molecule has 0 spiro atoms. The number of aliphatic carboxylic acids is 1. The second kappa shape index (κ2) is 5.38. The van der Waals surface area contributed by atoms with Crippen LogP contribution < -0.4 is 5.32 Å². The average molecular weight is 243 g/mol. The van der Waals surface area contributed by atoms with Crippen molar-refractivity contribution >= 4 is 12.1 Å². The number of carbonyl (C=O) groups is 2. The smallest absolute Gasteiger partial charge is 0.407 e. The van der Waals surface area contributed by atoms with Crippen LogP contribution in [-0.4, -0.2) is 28.8 Å². The van der Waals surface area contributed by atoms with Crippen LogP contribution in [0.3, 0.4) is 0 Å². The Balaban J connectivity index is 2.30. The summed E-state index contributed by atoms with van der Waals surface area (Å²) in [7, 11) is 0. The van der Waals surface area contributed by atoms with E-state index in [0.717, 1.165) is 19.3 Å². The van der Waals surface area contributed by atoms with E-state index in [4.69, 9.17) is 9.84 Å². The molecule has 17 heavy (non-hydrogen) atoms. The summed E-state index contributed by atoms with van der Waals surface area (Å²) < 4.78 is 5.15. The summed E-state index contributed by atoms with van der Waals surface area (Å²) in [5.41, 5.74) is -0.497. The van der Waals surface area contributed by atoms with Gasteiger partial charge in [0, 0.05) is 12.5 Å². The number of hydrogen-bond donors (Lipinski definition) is 2. The monoisotopic (exact) mass is 243 g/mol. The molecule has 5 heteroatoms. The molecule has 0 aliphatic heterocycles. The lowest BCUT2D eigenvalue weighted by molar-refractivity contribution is -0.138. The number of rotatable bonds is 3. The Morgan fingerprint density at radius 2 is 2.00 bits per heavy atom. The van der Waals surface area contributed by atoms with E-state index in [9.17, 15) is 9.59 Å². The normalized spacial score (nSPS) is 24.4. The molecule has 5 nitrogen and oxygen atoms in total. The highest BCUT2D eigenvalue weighted by atomic mass is 16.6. The lowest BCUT2D eigenvalue weighted by Crippen LogP contribution is -2.38. The van der Waals surface area contributed by atoms with Gasteiger partial charge in [0.15, 0.2) is 0 Å². The summed E-state index contributed by atoms with van der Waals surface area (Å²) in [6.45, 7) is 5.44. The molecule has 0 aromatic rings. The average Bonchev–Trinajstić information content (AvgIpc) is 2.46. The van der Waals surface area contributed by atoms with Crippen LogP contribution in [0.1, 0.15) is 46.5 Å². The van der Waals surface area contributed by atoms with Crippen molar-refractivity contribution in [3.8, 4) is 0 Å². The Bertz CT molecular complexity index is 295. The predicted molar refractivity (Wildman–Crippen MR) is 62.8 cm³/mol. The number of hydrogen-bond acceptors (Lipinski definition) is 3. The van der Waals surface area contributed by atoms with Gasteiger partial charge in [0.2, 0.25) is 0 Å². The molecule has 0 aromatic carbocycles. The number of carboxylic acids is 1. The van der Waals surface area contributed by atoms with Gasteiger partial charge in [-0.2, -0.15) is 0 Å². The molecule has 2 N–H and O–H groups in total. The highest BCUT2D eigenvalue weighted by Crippen LogP contribution is 2.28. The van der Waals surface area contributed by atoms with Crippen LogP contribution in [-0.2, 0) is 9.53 Å². The molecule has 1 rings (SSSR count). The van der Waals surface area contributed by atoms with Gasteiger partial charge in [-0.1, -0.05) is 0 Å². The van der Waals surface area contributed by atoms with Crippen molar-refractivity contribution in [3.05, 3.63) is 0 Å². The first-order valence-electron chi connectivity index (χ1n) is 5.97. The molecule has 1 saturated carbocycles. The zero-order valence-electron chi connectivity index (χ0n) is 10.7. The largest absolute Gasteiger partial charge is 0.481 e. The summed E-state index contributed by atoms with van der Waals surface area (Å²) in [5.74, 6) is -0.597. The van der Waals surface area contributed by atoms with Crippen molar-refractivity contribution in [1.82, 2.24) is 5.32 Å². The molecular formula is C12H21NO4. The quantitative estimate of drug-likeness (QED) is 0.796. The Morgan fingerprint density at radius 1 is 1.35 bits per heavy atom. The second-order valence-corrected chi connectivity index (χ2v) is 5.62. The summed E-state index contributed by atoms with van der Waals surface area (Å²) >= 11 is 0. The van der Waals surface area contributed by atoms with Crippen molar-refractivity contribution in [2.45, 2.75) is 58.1 Å². The maximum absolute atomic E-state index is 11.5. The molecule has 0 saturated heterocycles. The predicted octanol–water partition coefficient (Wildman–Crippen LogP) is 2.15. The SMILES string of the molecule is CC(C)(C)OC(=O)NC1CCC(CC(=O)O)C1. The number of ether oxygens (including phenoxy) is 1. The van der Waals surface area contributed by atoms with Crippen LogP contribution in [0.4, 0.5) is 4.79 Å². The minimum atomic E-state index is -0.770. The van der Waals surface area contributed by atoms with Gasteiger partial charge in [-0.05, 0) is 46.0 Å². The van der Waals surface area contributed by atoms with Gasteiger partial charge in [-0.3, -0.25) is 4.79 Å². The van der Waals surface area contributed by atoms with Gasteiger partial charge in [-0.15, -0.1) is 0 Å². The lowest BCUT2D eigenvalue weighted by atomic mass is 10.0. The van der Waals surface area contributed by atoms with Crippen LogP contribution in [0.5, 0.6) is 0 Å². The van der Waals surface area contributed by atoms with E-state index in [1.54, 1.807) is 0 Å². The van der Waals surface area contributed by atoms with Crippen molar-refractivity contribution in [2.24, 2.45) is 5.92 Å². The molecule has 2 unspecified atom stereocenters. The number of amides is 1. The highest BCUT2D eigenvalue weighted by molar-refractivity contribution is 5.68. The fourth-order valence-corrected chi connectivity index (χ4v) is 2.11. The van der Waals surface area contributed by atoms with Gasteiger partial charge in [-0.25, -0.2) is 4.79 Å². The molecule has 1 aliphatic rings. The molecular weight excluding hydrogens is 222 g/mol. The van der Waals surface area contributed by atoms with Crippen LogP contribution in [0.25, 0.3) is 0 Å². The molecule has 98 valence electrons. The van der Waals surface area contributed by atoms with E-state index >= 15 is 0 Å². The highest BCUT2D eigenvalue weighted by Gasteiger charge is 2.28. The third kappa shape index (κ3) is 5.56. The lowest BCUT2D eigenvalue weighted by Gasteiger charge is -2.21. The van der Waals surface area contributed by atoms with Crippen LogP contribution in [0.2, 0.25) is 0 Å². The van der Waals surface area contributed by atoms with Crippen molar-refractivity contribution in [2.75, 3.05) is 0 Å². The standard InChI is InChI=1S/C12H21NO4/c1-12(2,3)17-11(16)13-9-5-4-8(6-9)7-10(14)15/h8-9H,4-7H2,1-3H3,(H,13,16)(H,14,15). The van der Waals surface area contributed by atoms with Crippen molar-refractivity contribution < 1.29 is 19.4 Å². The third-order valence-corrected chi connectivity index (χ3v) is 2.73. The zero-order chi connectivity index (χ0) is 13.1. The van der Waals surface area contributed by atoms with Crippen molar-refractivity contribution in [1.29, 1.82) is 0 Å². The number of nitrogens with one attached hydrogen (secondary N) is 1. The maximum Gasteiger partial charge on any atom is 0.407 e. The molecule has 1 fully saturated rings. The van der Waals surface area contributed by atoms with Crippen LogP contribution in [0, 0.1) is 5.92 Å². The number of alkyl carbamates (subject to hydrolysis) is 1. The Morgan fingerprint density at radius 3 is 2.53 bits per heavy atom. The van der Waals surface area contributed by atoms with Gasteiger partial charge < -0.3 is 15.2 Å². The van der Waals surface area contributed by atoms with E-state index < -0.39 is 17.7 Å². The van der Waals surface area contributed by atoms with E-state index in [0.29, 0.717) is 0 Å². The molecule has 1 amide bonds. The van der Waals surface area contributed by atoms with Gasteiger partial charge in [0.05, 0.1) is 0 Å². The molecule has 0 heterocycles. The van der Waals surface area contributed by atoms with Gasteiger partial charge in [0.1, 0.15) is 5.60 Å². The van der Waals surface area contributed by atoms with E-state index in [1.165, 1.54) is 0 Å². The zero-order valence-corrected chi connectivity index (χ0v) is 10.7. The first-order chi connectivity index (χ1) is 7.76. The number of carboxylic acid groups (broad SMARTS) is 1. The van der Waals surface area contributed by atoms with Gasteiger partial charge in [0.25, 0.3) is 0 Å². The minimum absolute atomic E-state index is 0.0502. The van der Waals surface area contributed by atoms with Gasteiger partial charge >= 0.3 is 12.1 Å². The fourth-order valence-electron chi connectivity index (χ4n) is 2.11. The molecule has 0 radical (unpaired) electrons. The second-order valence-electron chi connectivity index (χ2n) is 5.62. The summed E-state index contributed by atoms with van der Waals surface area (Å²) in [4.78, 5) is 22.1. The number of carbonyl (C=O) groups excluding carboxylic acids is 1. The summed E-state index contributed by atoms with van der Waals surface area (Å²) in [5, 5.41) is 11.5. The van der Waals surface area contributed by atoms with E-state index in [2.05, 4.69) is 5.32 Å². The Labute approximate surface area is 102 Å². The van der Waals surface area contributed by atoms with E-state index in [1.807, 2.05) is 20.8 Å². The molecule has 2 atom stereocenters. The third-order valence-electron chi connectivity index (χ3n) is 2.73.